The first-order valence-electron chi connectivity index (χ1n) is 11.7. The molecule has 0 radical (unpaired) electrons. The van der Waals surface area contributed by atoms with Gasteiger partial charge in [-0.2, -0.15) is 0 Å². The molecule has 7 N–H and O–H groups in total. The van der Waals surface area contributed by atoms with Crippen molar-refractivity contribution in [2.24, 2.45) is 5.73 Å². The summed E-state index contributed by atoms with van der Waals surface area (Å²) in [5.41, 5.74) is 4.36. The van der Waals surface area contributed by atoms with E-state index in [9.17, 15) is 24.9 Å². The molecule has 0 amide bonds. The van der Waals surface area contributed by atoms with Crippen molar-refractivity contribution < 1.29 is 29.5 Å². The summed E-state index contributed by atoms with van der Waals surface area (Å²) in [5, 5.41) is 34.5. The summed E-state index contributed by atoms with van der Waals surface area (Å²) in [6.45, 7) is 2.10. The van der Waals surface area contributed by atoms with Crippen LogP contribution in [0.3, 0.4) is 0 Å². The molecule has 1 aromatic rings. The van der Waals surface area contributed by atoms with E-state index in [4.69, 9.17) is 19.9 Å². The fraction of sp³-hybridized carbons (Fsp3) is 0.810. The zero-order chi connectivity index (χ0) is 24.4. The molecule has 3 aliphatic heterocycles. The number of rotatable bonds is 9. The number of hydrogen-bond acceptors (Lipinski definition) is 11. The second-order valence-electron chi connectivity index (χ2n) is 9.25. The smallest absolute Gasteiger partial charge is 0.330 e. The minimum absolute atomic E-state index is 0.0187. The van der Waals surface area contributed by atoms with Gasteiger partial charge in [-0.3, -0.25) is 14.3 Å². The maximum atomic E-state index is 12.2. The highest BCUT2D eigenvalue weighted by Crippen LogP contribution is 2.32. The molecule has 13 nitrogen and oxygen atoms in total. The average Bonchev–Trinajstić information content (AvgIpc) is 3.46. The lowest BCUT2D eigenvalue weighted by Gasteiger charge is -2.29. The van der Waals surface area contributed by atoms with Gasteiger partial charge in [-0.1, -0.05) is 0 Å². The SMILES string of the molecule is CN1CCCC1CNC[C@H](O[C@@H]1O[C@H](CN)[C@@H](O)[C@H]1O)[C@@H]1C[C@@H](O)[C@H](n2ccc(=O)[nH]c2=O)O1. The van der Waals surface area contributed by atoms with E-state index < -0.39 is 60.4 Å². The number of nitrogens with zero attached hydrogens (tertiary/aromatic N) is 2. The van der Waals surface area contributed by atoms with E-state index in [0.29, 0.717) is 12.6 Å². The Morgan fingerprint density at radius 1 is 1.29 bits per heavy atom. The Balaban J connectivity index is 1.46. The quantitative estimate of drug-likeness (QED) is 0.205. The van der Waals surface area contributed by atoms with E-state index in [2.05, 4.69) is 22.2 Å². The van der Waals surface area contributed by atoms with Crippen LogP contribution in [0.2, 0.25) is 0 Å². The van der Waals surface area contributed by atoms with Gasteiger partial charge in [-0.25, -0.2) is 4.79 Å². The first-order valence-corrected chi connectivity index (χ1v) is 11.7. The number of hydrogen-bond donors (Lipinski definition) is 6. The summed E-state index contributed by atoms with van der Waals surface area (Å²) in [7, 11) is 2.08. The molecule has 0 bridgehead atoms. The van der Waals surface area contributed by atoms with Gasteiger partial charge in [-0.05, 0) is 26.4 Å². The highest BCUT2D eigenvalue weighted by atomic mass is 16.7. The van der Waals surface area contributed by atoms with Crippen LogP contribution in [0.1, 0.15) is 25.5 Å². The third-order valence-electron chi connectivity index (χ3n) is 6.91. The fourth-order valence-electron chi connectivity index (χ4n) is 4.89. The van der Waals surface area contributed by atoms with Crippen LogP contribution in [-0.2, 0) is 14.2 Å². The predicted molar refractivity (Wildman–Crippen MR) is 119 cm³/mol. The molecule has 3 saturated heterocycles. The lowest BCUT2D eigenvalue weighted by Crippen LogP contribution is -2.46. The number of likely N-dealkylation sites (N-methyl/N-ethyl adjacent to an activating group) is 1. The van der Waals surface area contributed by atoms with Gasteiger partial charge in [0.25, 0.3) is 5.56 Å². The Morgan fingerprint density at radius 2 is 2.09 bits per heavy atom. The molecule has 34 heavy (non-hydrogen) atoms. The highest BCUT2D eigenvalue weighted by molar-refractivity contribution is 4.93. The summed E-state index contributed by atoms with van der Waals surface area (Å²) in [5.74, 6) is 0. The van der Waals surface area contributed by atoms with Crippen molar-refractivity contribution in [3.05, 3.63) is 33.1 Å². The number of nitrogens with one attached hydrogen (secondary N) is 2. The van der Waals surface area contributed by atoms with Crippen LogP contribution in [0, 0.1) is 0 Å². The van der Waals surface area contributed by atoms with Crippen molar-refractivity contribution in [1.29, 1.82) is 0 Å². The van der Waals surface area contributed by atoms with Gasteiger partial charge in [0.2, 0.25) is 0 Å². The molecular formula is C21H35N5O8. The molecule has 0 spiro atoms. The van der Waals surface area contributed by atoms with E-state index in [1.807, 2.05) is 0 Å². The van der Waals surface area contributed by atoms with Gasteiger partial charge in [-0.15, -0.1) is 0 Å². The Labute approximate surface area is 196 Å². The molecule has 192 valence electrons. The lowest BCUT2D eigenvalue weighted by molar-refractivity contribution is -0.213. The third kappa shape index (κ3) is 5.42. The second-order valence-corrected chi connectivity index (χ2v) is 9.25. The number of nitrogens with two attached hydrogens (primary N) is 1. The zero-order valence-corrected chi connectivity index (χ0v) is 19.2. The highest BCUT2D eigenvalue weighted by Gasteiger charge is 2.47. The largest absolute Gasteiger partial charge is 0.388 e. The minimum Gasteiger partial charge on any atom is -0.388 e. The van der Waals surface area contributed by atoms with Gasteiger partial charge < -0.3 is 45.5 Å². The van der Waals surface area contributed by atoms with Crippen LogP contribution in [0.15, 0.2) is 21.9 Å². The van der Waals surface area contributed by atoms with Crippen LogP contribution in [0.25, 0.3) is 0 Å². The molecule has 4 heterocycles. The Hall–Kier alpha value is -1.68. The Kier molecular flexibility index (Phi) is 8.17. The van der Waals surface area contributed by atoms with Crippen LogP contribution in [0.5, 0.6) is 0 Å². The van der Waals surface area contributed by atoms with Gasteiger partial charge in [0.05, 0.1) is 12.2 Å². The van der Waals surface area contributed by atoms with Gasteiger partial charge in [0.15, 0.2) is 12.5 Å². The number of ether oxygens (including phenoxy) is 3. The second kappa shape index (κ2) is 10.9. The molecule has 0 aromatic carbocycles. The zero-order valence-electron chi connectivity index (χ0n) is 19.2. The van der Waals surface area contributed by atoms with Crippen LogP contribution in [0.4, 0.5) is 0 Å². The molecule has 1 aromatic heterocycles. The summed E-state index contributed by atoms with van der Waals surface area (Å²) in [6.07, 6.45) is -4.09. The normalized spacial score (nSPS) is 37.4. The summed E-state index contributed by atoms with van der Waals surface area (Å²) < 4.78 is 18.8. The molecule has 0 aliphatic carbocycles. The number of H-pyrrole nitrogens is 1. The molecule has 3 fully saturated rings. The predicted octanol–water partition coefficient (Wildman–Crippen LogP) is -3.34. The monoisotopic (exact) mass is 485 g/mol. The van der Waals surface area contributed by atoms with Crippen molar-refractivity contribution in [2.45, 2.75) is 74.4 Å². The van der Waals surface area contributed by atoms with Crippen LogP contribution < -0.4 is 22.3 Å². The van der Waals surface area contributed by atoms with Crippen molar-refractivity contribution in [2.75, 3.05) is 33.2 Å². The first kappa shape index (κ1) is 25.4. The van der Waals surface area contributed by atoms with Crippen molar-refractivity contribution in [3.8, 4) is 0 Å². The Morgan fingerprint density at radius 3 is 2.74 bits per heavy atom. The number of likely N-dealkylation sites (tertiary alicyclic amines) is 1. The minimum atomic E-state index is -1.29. The molecular weight excluding hydrogens is 450 g/mol. The summed E-state index contributed by atoms with van der Waals surface area (Å²) in [6, 6.07) is 1.56. The maximum absolute atomic E-state index is 12.2. The lowest BCUT2D eigenvalue weighted by atomic mass is 10.1. The molecule has 3 aliphatic rings. The molecule has 1 unspecified atom stereocenters. The first-order chi connectivity index (χ1) is 16.3. The summed E-state index contributed by atoms with van der Waals surface area (Å²) >= 11 is 0. The molecule has 9 atom stereocenters. The standard InChI is InChI=1S/C21H35N5O8/c1-25-5-2-3-11(25)9-23-10-15(34-20-18(30)17(29)14(8-22)33-20)13-7-12(27)19(32-13)26-6-4-16(28)24-21(26)31/h4,6,11-15,17-20,23,27,29-30H,2-3,5,7-10,22H2,1H3,(H,24,28,31)/t11?,12-,13+,14-,15+,17-,18-,19-,20+/m1/s1. The maximum Gasteiger partial charge on any atom is 0.330 e. The average molecular weight is 486 g/mol. The van der Waals surface area contributed by atoms with E-state index in [1.165, 1.54) is 12.3 Å². The van der Waals surface area contributed by atoms with Crippen molar-refractivity contribution in [3.63, 3.8) is 0 Å². The van der Waals surface area contributed by atoms with E-state index >= 15 is 0 Å². The number of aromatic nitrogens is 2. The molecule has 4 rings (SSSR count). The third-order valence-corrected chi connectivity index (χ3v) is 6.91. The van der Waals surface area contributed by atoms with Crippen molar-refractivity contribution in [1.82, 2.24) is 19.8 Å². The van der Waals surface area contributed by atoms with Gasteiger partial charge >= 0.3 is 5.69 Å². The van der Waals surface area contributed by atoms with Gasteiger partial charge in [0.1, 0.15) is 24.4 Å². The Bertz CT molecular complexity index is 927. The fourth-order valence-corrected chi connectivity index (χ4v) is 4.89. The molecule has 13 heteroatoms. The number of aromatic amines is 1. The number of aliphatic hydroxyl groups excluding tert-OH is 3. The summed E-state index contributed by atoms with van der Waals surface area (Å²) in [4.78, 5) is 28.0. The van der Waals surface area contributed by atoms with Crippen LogP contribution >= 0.6 is 0 Å². The topological polar surface area (TPSA) is 185 Å². The van der Waals surface area contributed by atoms with Crippen molar-refractivity contribution >= 4 is 0 Å². The van der Waals surface area contributed by atoms with E-state index in [-0.39, 0.29) is 13.0 Å². The number of aliphatic hydroxyl groups is 3. The van der Waals surface area contributed by atoms with Crippen LogP contribution in [-0.4, -0.2) is 112 Å². The van der Waals surface area contributed by atoms with E-state index in [1.54, 1.807) is 0 Å². The molecule has 0 saturated carbocycles. The van der Waals surface area contributed by atoms with Gasteiger partial charge in [0, 0.05) is 44.4 Å². The van der Waals surface area contributed by atoms with E-state index in [0.717, 1.165) is 30.5 Å².